The molecule has 0 saturated carbocycles. The molecule has 2 aromatic rings. The fourth-order valence-electron chi connectivity index (χ4n) is 4.57. The van der Waals surface area contributed by atoms with Crippen LogP contribution in [0.15, 0.2) is 42.5 Å². The lowest BCUT2D eigenvalue weighted by Gasteiger charge is -2.38. The van der Waals surface area contributed by atoms with E-state index in [4.69, 9.17) is 9.47 Å². The van der Waals surface area contributed by atoms with Gasteiger partial charge in [0.15, 0.2) is 0 Å². The largest absolute Gasteiger partial charge is 0.497 e. The highest BCUT2D eigenvalue weighted by Crippen LogP contribution is 2.41. The Hall–Kier alpha value is -2.53. The molecular formula is C26H34N2O3. The number of hydrogen-bond donors (Lipinski definition) is 1. The number of nitrogens with one attached hydrogen (secondary N) is 1. The topological polar surface area (TPSA) is 50.8 Å². The molecule has 1 atom stereocenters. The lowest BCUT2D eigenvalue weighted by molar-refractivity contribution is 0.0617. The summed E-state index contributed by atoms with van der Waals surface area (Å²) in [6, 6.07) is 13.7. The Bertz CT molecular complexity index is 915. The van der Waals surface area contributed by atoms with Gasteiger partial charge in [0.2, 0.25) is 0 Å². The summed E-state index contributed by atoms with van der Waals surface area (Å²) in [4.78, 5) is 15.5. The Morgan fingerprint density at radius 1 is 1.16 bits per heavy atom. The number of amides is 1. The molecule has 0 radical (unpaired) electrons. The zero-order valence-electron chi connectivity index (χ0n) is 19.1. The van der Waals surface area contributed by atoms with Crippen LogP contribution in [-0.2, 0) is 6.54 Å². The van der Waals surface area contributed by atoms with Gasteiger partial charge >= 0.3 is 0 Å². The van der Waals surface area contributed by atoms with Gasteiger partial charge in [-0.2, -0.15) is 0 Å². The van der Waals surface area contributed by atoms with Crippen LogP contribution < -0.4 is 14.8 Å². The minimum absolute atomic E-state index is 0.0529. The van der Waals surface area contributed by atoms with Crippen molar-refractivity contribution < 1.29 is 14.3 Å². The van der Waals surface area contributed by atoms with E-state index in [-0.39, 0.29) is 17.6 Å². The maximum absolute atomic E-state index is 13.0. The predicted octanol–water partition coefficient (Wildman–Crippen LogP) is 4.96. The van der Waals surface area contributed by atoms with Gasteiger partial charge in [-0.15, -0.1) is 0 Å². The first-order chi connectivity index (χ1) is 14.8. The highest BCUT2D eigenvalue weighted by Gasteiger charge is 2.35. The quantitative estimate of drug-likeness (QED) is 0.740. The van der Waals surface area contributed by atoms with Crippen LogP contribution in [0.1, 0.15) is 67.6 Å². The molecule has 0 aliphatic carbocycles. The van der Waals surface area contributed by atoms with Gasteiger partial charge in [-0.3, -0.25) is 9.69 Å². The van der Waals surface area contributed by atoms with E-state index >= 15 is 0 Å². The zero-order valence-corrected chi connectivity index (χ0v) is 19.1. The molecule has 2 heterocycles. The Labute approximate surface area is 185 Å². The normalized spacial score (nSPS) is 21.1. The lowest BCUT2D eigenvalue weighted by Crippen LogP contribution is -2.41. The molecule has 1 saturated heterocycles. The van der Waals surface area contributed by atoms with E-state index in [2.05, 4.69) is 29.3 Å². The molecule has 5 nitrogen and oxygen atoms in total. The fourth-order valence-corrected chi connectivity index (χ4v) is 4.57. The summed E-state index contributed by atoms with van der Waals surface area (Å²) in [5.74, 6) is 2.30. The molecule has 1 N–H and O–H groups in total. The van der Waals surface area contributed by atoms with Gasteiger partial charge in [0.1, 0.15) is 17.1 Å². The number of rotatable bonds is 5. The highest BCUT2D eigenvalue weighted by atomic mass is 16.5. The maximum Gasteiger partial charge on any atom is 0.251 e. The van der Waals surface area contributed by atoms with E-state index in [9.17, 15) is 4.79 Å². The first-order valence-corrected chi connectivity index (χ1v) is 11.3. The summed E-state index contributed by atoms with van der Waals surface area (Å²) in [7, 11) is 1.64. The van der Waals surface area contributed by atoms with Crippen molar-refractivity contribution in [3.63, 3.8) is 0 Å². The summed E-state index contributed by atoms with van der Waals surface area (Å²) < 4.78 is 11.5. The second kappa shape index (κ2) is 8.91. The molecular weight excluding hydrogens is 388 g/mol. The third-order valence-electron chi connectivity index (χ3n) is 6.48. The van der Waals surface area contributed by atoms with Crippen LogP contribution in [-0.4, -0.2) is 36.6 Å². The van der Waals surface area contributed by atoms with Crippen LogP contribution in [0.4, 0.5) is 0 Å². The van der Waals surface area contributed by atoms with E-state index < -0.39 is 0 Å². The number of methoxy groups -OCH3 is 1. The van der Waals surface area contributed by atoms with Crippen molar-refractivity contribution in [3.8, 4) is 11.5 Å². The van der Waals surface area contributed by atoms with E-state index in [1.807, 2.05) is 44.2 Å². The molecule has 2 aliphatic heterocycles. The van der Waals surface area contributed by atoms with Crippen LogP contribution in [0.3, 0.4) is 0 Å². The Balaban J connectivity index is 1.43. The van der Waals surface area contributed by atoms with Gasteiger partial charge in [-0.25, -0.2) is 0 Å². The molecule has 0 bridgehead atoms. The van der Waals surface area contributed by atoms with Crippen LogP contribution >= 0.6 is 0 Å². The van der Waals surface area contributed by atoms with Crippen molar-refractivity contribution in [3.05, 3.63) is 59.2 Å². The number of carbonyl (C=O) groups excluding carboxylic acids is 1. The van der Waals surface area contributed by atoms with Gasteiger partial charge in [-0.05, 0) is 75.5 Å². The van der Waals surface area contributed by atoms with Crippen molar-refractivity contribution >= 4 is 5.91 Å². The number of fused-ring (bicyclic) bond motifs is 1. The molecule has 1 fully saturated rings. The number of piperidine rings is 1. The number of ether oxygens (including phenoxy) is 2. The predicted molar refractivity (Wildman–Crippen MR) is 123 cm³/mol. The Morgan fingerprint density at radius 3 is 2.55 bits per heavy atom. The van der Waals surface area contributed by atoms with Crippen molar-refractivity contribution in [2.24, 2.45) is 5.92 Å². The third-order valence-corrected chi connectivity index (χ3v) is 6.48. The summed E-state index contributed by atoms with van der Waals surface area (Å²) in [6.07, 6.45) is 3.26. The molecule has 2 aromatic carbocycles. The summed E-state index contributed by atoms with van der Waals surface area (Å²) >= 11 is 0. The van der Waals surface area contributed by atoms with Crippen LogP contribution in [0.2, 0.25) is 0 Å². The summed E-state index contributed by atoms with van der Waals surface area (Å²) in [5, 5.41) is 3.22. The number of benzene rings is 2. The molecule has 1 amide bonds. The smallest absolute Gasteiger partial charge is 0.251 e. The van der Waals surface area contributed by atoms with E-state index in [1.54, 1.807) is 7.11 Å². The minimum atomic E-state index is -0.368. The van der Waals surface area contributed by atoms with Crippen LogP contribution in [0.5, 0.6) is 11.5 Å². The molecule has 166 valence electrons. The molecule has 4 rings (SSSR count). The summed E-state index contributed by atoms with van der Waals surface area (Å²) in [6.45, 7) is 9.70. The molecule has 2 aliphatic rings. The molecule has 0 spiro atoms. The highest BCUT2D eigenvalue weighted by molar-refractivity contribution is 5.94. The maximum atomic E-state index is 13.0. The first-order valence-electron chi connectivity index (χ1n) is 11.3. The molecule has 0 unspecified atom stereocenters. The van der Waals surface area contributed by atoms with Crippen LogP contribution in [0, 0.1) is 5.92 Å². The second-order valence-electron chi connectivity index (χ2n) is 9.65. The van der Waals surface area contributed by atoms with Gasteiger partial charge in [0.25, 0.3) is 5.91 Å². The number of likely N-dealkylation sites (tertiary alicyclic amines) is 1. The average molecular weight is 423 g/mol. The van der Waals surface area contributed by atoms with Gasteiger partial charge in [0.05, 0.1) is 13.2 Å². The number of carbonyl (C=O) groups is 1. The van der Waals surface area contributed by atoms with Crippen molar-refractivity contribution in [2.45, 2.75) is 58.2 Å². The van der Waals surface area contributed by atoms with Crippen molar-refractivity contribution in [1.29, 1.82) is 0 Å². The third kappa shape index (κ3) is 5.21. The van der Waals surface area contributed by atoms with Gasteiger partial charge in [0, 0.05) is 30.2 Å². The van der Waals surface area contributed by atoms with E-state index in [0.29, 0.717) is 12.0 Å². The lowest BCUT2D eigenvalue weighted by atomic mass is 9.89. The number of nitrogens with zero attached hydrogens (tertiary/aromatic N) is 1. The van der Waals surface area contributed by atoms with E-state index in [1.165, 1.54) is 18.4 Å². The Kier molecular flexibility index (Phi) is 6.24. The van der Waals surface area contributed by atoms with Crippen molar-refractivity contribution in [1.82, 2.24) is 10.2 Å². The van der Waals surface area contributed by atoms with Crippen molar-refractivity contribution in [2.75, 3.05) is 20.2 Å². The molecule has 31 heavy (non-hydrogen) atoms. The minimum Gasteiger partial charge on any atom is -0.497 e. The Morgan fingerprint density at radius 2 is 1.87 bits per heavy atom. The standard InChI is InChI=1S/C26H34N2O3/c1-18-11-13-28(14-12-18)17-19-5-7-20(8-6-19)25(29)27-23-16-26(2,3)31-24-15-21(30-4)9-10-22(23)24/h5-10,15,18,23H,11-14,16-17H2,1-4H3,(H,27,29)/t23-/m0/s1. The summed E-state index contributed by atoms with van der Waals surface area (Å²) in [5.41, 5.74) is 2.57. The monoisotopic (exact) mass is 422 g/mol. The fraction of sp³-hybridized carbons (Fsp3) is 0.500. The molecule has 0 aromatic heterocycles. The molecule has 5 heteroatoms. The zero-order chi connectivity index (χ0) is 22.0. The first kappa shape index (κ1) is 21.7. The van der Waals surface area contributed by atoms with E-state index in [0.717, 1.165) is 42.6 Å². The average Bonchev–Trinajstić information content (AvgIpc) is 2.74. The SMILES string of the molecule is COc1ccc2c(c1)OC(C)(C)C[C@@H]2NC(=O)c1ccc(CN2CCC(C)CC2)cc1. The van der Waals surface area contributed by atoms with Gasteiger partial charge < -0.3 is 14.8 Å². The van der Waals surface area contributed by atoms with Crippen LogP contribution in [0.25, 0.3) is 0 Å². The second-order valence-corrected chi connectivity index (χ2v) is 9.65. The number of hydrogen-bond acceptors (Lipinski definition) is 4. The van der Waals surface area contributed by atoms with Gasteiger partial charge in [-0.1, -0.05) is 19.1 Å².